The Hall–Kier alpha value is -2.41. The molecule has 1 heterocycles. The fraction of sp³-hybridized carbons (Fsp3) is 0.471. The van der Waals surface area contributed by atoms with Crippen LogP contribution < -0.4 is 4.74 Å². The van der Waals surface area contributed by atoms with Gasteiger partial charge in [-0.05, 0) is 31.8 Å². The average molecular weight is 334 g/mol. The number of hydrogen-bond donors (Lipinski definition) is 1. The maximum atomic E-state index is 13.0. The van der Waals surface area contributed by atoms with Crippen LogP contribution in [-0.2, 0) is 19.8 Å². The van der Waals surface area contributed by atoms with Gasteiger partial charge in [0.05, 0.1) is 18.9 Å². The Morgan fingerprint density at radius 2 is 2.08 bits per heavy atom. The smallest absolute Gasteiger partial charge is 0.304 e. The Labute approximate surface area is 140 Å². The van der Waals surface area contributed by atoms with E-state index < -0.39 is 23.7 Å². The van der Waals surface area contributed by atoms with E-state index in [1.807, 2.05) is 19.0 Å². The topological polar surface area (TPSA) is 87.2 Å². The zero-order valence-electron chi connectivity index (χ0n) is 14.1. The van der Waals surface area contributed by atoms with Gasteiger partial charge in [-0.1, -0.05) is 12.1 Å². The van der Waals surface area contributed by atoms with E-state index in [1.165, 1.54) is 12.0 Å². The number of methoxy groups -OCH3 is 1. The van der Waals surface area contributed by atoms with Gasteiger partial charge in [0, 0.05) is 19.5 Å². The third-order valence-electron chi connectivity index (χ3n) is 4.25. The molecule has 0 radical (unpaired) electrons. The van der Waals surface area contributed by atoms with Gasteiger partial charge in [0.25, 0.3) is 0 Å². The van der Waals surface area contributed by atoms with E-state index >= 15 is 0 Å². The molecule has 0 bridgehead atoms. The number of carbonyl (C=O) groups is 3. The number of ether oxygens (including phenoxy) is 1. The van der Waals surface area contributed by atoms with E-state index in [0.717, 1.165) is 0 Å². The lowest BCUT2D eigenvalue weighted by molar-refractivity contribution is -0.145. The van der Waals surface area contributed by atoms with Crippen LogP contribution in [-0.4, -0.2) is 67.0 Å². The van der Waals surface area contributed by atoms with Crippen molar-refractivity contribution in [2.75, 3.05) is 34.3 Å². The number of carbonyl (C=O) groups excluding carboxylic acids is 2. The first kappa shape index (κ1) is 17.9. The van der Waals surface area contributed by atoms with E-state index in [2.05, 4.69) is 0 Å². The van der Waals surface area contributed by atoms with Gasteiger partial charge in [0.1, 0.15) is 5.75 Å². The second-order valence-electron chi connectivity index (χ2n) is 6.22. The SMILES string of the molecule is COc1cccc([C@@]2(CC(=O)O)CC(=O)N(CCN(C)C)C2=O)c1. The molecule has 1 N–H and O–H groups in total. The van der Waals surface area contributed by atoms with Crippen molar-refractivity contribution in [1.29, 1.82) is 0 Å². The van der Waals surface area contributed by atoms with Crippen molar-refractivity contribution < 1.29 is 24.2 Å². The molecule has 0 spiro atoms. The fourth-order valence-corrected chi connectivity index (χ4v) is 2.97. The minimum absolute atomic E-state index is 0.140. The van der Waals surface area contributed by atoms with Crippen LogP contribution in [0.1, 0.15) is 18.4 Å². The molecular weight excluding hydrogens is 312 g/mol. The molecule has 0 aliphatic carbocycles. The molecule has 1 aromatic carbocycles. The van der Waals surface area contributed by atoms with Crippen LogP contribution in [0.5, 0.6) is 5.75 Å². The fourth-order valence-electron chi connectivity index (χ4n) is 2.97. The first-order chi connectivity index (χ1) is 11.3. The van der Waals surface area contributed by atoms with Crippen molar-refractivity contribution in [2.45, 2.75) is 18.3 Å². The highest BCUT2D eigenvalue weighted by molar-refractivity contribution is 6.10. The van der Waals surface area contributed by atoms with Crippen LogP contribution >= 0.6 is 0 Å². The summed E-state index contributed by atoms with van der Waals surface area (Å²) in [6.07, 6.45) is -0.568. The molecule has 1 aliphatic heterocycles. The largest absolute Gasteiger partial charge is 0.497 e. The summed E-state index contributed by atoms with van der Waals surface area (Å²) in [6.45, 7) is 0.773. The number of nitrogens with zero attached hydrogens (tertiary/aromatic N) is 2. The average Bonchev–Trinajstić information content (AvgIpc) is 2.76. The molecule has 0 aromatic heterocycles. The minimum atomic E-state index is -1.37. The number of carboxylic acid groups (broad SMARTS) is 1. The lowest BCUT2D eigenvalue weighted by Crippen LogP contribution is -2.42. The van der Waals surface area contributed by atoms with Crippen LogP contribution in [0.3, 0.4) is 0 Å². The lowest BCUT2D eigenvalue weighted by atomic mass is 9.76. The highest BCUT2D eigenvalue weighted by atomic mass is 16.5. The molecule has 7 heteroatoms. The summed E-state index contributed by atoms with van der Waals surface area (Å²) in [5.41, 5.74) is -0.876. The Balaban J connectivity index is 2.43. The molecule has 2 rings (SSSR count). The zero-order valence-corrected chi connectivity index (χ0v) is 14.1. The third kappa shape index (κ3) is 3.41. The van der Waals surface area contributed by atoms with Gasteiger partial charge >= 0.3 is 5.97 Å². The van der Waals surface area contributed by atoms with Crippen molar-refractivity contribution in [3.8, 4) is 5.75 Å². The maximum absolute atomic E-state index is 13.0. The number of aliphatic carboxylic acids is 1. The van der Waals surface area contributed by atoms with Crippen LogP contribution in [0.25, 0.3) is 0 Å². The van der Waals surface area contributed by atoms with Crippen LogP contribution in [0, 0.1) is 0 Å². The van der Waals surface area contributed by atoms with Crippen LogP contribution in [0.2, 0.25) is 0 Å². The molecule has 1 fully saturated rings. The van der Waals surface area contributed by atoms with Crippen LogP contribution in [0.15, 0.2) is 24.3 Å². The number of imide groups is 1. The standard InChI is InChI=1S/C17H22N2O5/c1-18(2)7-8-19-14(20)10-17(16(19)23,11-15(21)22)12-5-4-6-13(9-12)24-3/h4-6,9H,7-8,10-11H2,1-3H3,(H,21,22)/t17-/m0/s1. The van der Waals surface area contributed by atoms with Gasteiger partial charge < -0.3 is 14.7 Å². The summed E-state index contributed by atoms with van der Waals surface area (Å²) in [6, 6.07) is 6.71. The quantitative estimate of drug-likeness (QED) is 0.740. The van der Waals surface area contributed by atoms with Crippen molar-refractivity contribution in [3.63, 3.8) is 0 Å². The molecule has 0 saturated carbocycles. The molecule has 2 amide bonds. The van der Waals surface area contributed by atoms with Crippen LogP contribution in [0.4, 0.5) is 0 Å². The number of benzene rings is 1. The Morgan fingerprint density at radius 1 is 1.38 bits per heavy atom. The first-order valence-electron chi connectivity index (χ1n) is 7.66. The van der Waals surface area contributed by atoms with Gasteiger partial charge in [-0.2, -0.15) is 0 Å². The predicted octanol–water partition coefficient (Wildman–Crippen LogP) is 0.728. The highest BCUT2D eigenvalue weighted by Crippen LogP contribution is 2.40. The minimum Gasteiger partial charge on any atom is -0.497 e. The van der Waals surface area contributed by atoms with Crippen molar-refractivity contribution >= 4 is 17.8 Å². The van der Waals surface area contributed by atoms with Crippen molar-refractivity contribution in [3.05, 3.63) is 29.8 Å². The number of rotatable bonds is 7. The molecule has 1 atom stereocenters. The Bertz CT molecular complexity index is 658. The number of amides is 2. The second-order valence-corrected chi connectivity index (χ2v) is 6.22. The predicted molar refractivity (Wildman–Crippen MR) is 86.8 cm³/mol. The van der Waals surface area contributed by atoms with E-state index in [9.17, 15) is 19.5 Å². The summed E-state index contributed by atoms with van der Waals surface area (Å²) >= 11 is 0. The molecule has 24 heavy (non-hydrogen) atoms. The van der Waals surface area contributed by atoms with E-state index in [1.54, 1.807) is 24.3 Å². The molecule has 130 valence electrons. The summed E-state index contributed by atoms with van der Waals surface area (Å²) < 4.78 is 5.17. The number of carboxylic acids is 1. The van der Waals surface area contributed by atoms with E-state index in [-0.39, 0.29) is 18.9 Å². The summed E-state index contributed by atoms with van der Waals surface area (Å²) in [4.78, 5) is 39.8. The monoisotopic (exact) mass is 334 g/mol. The summed E-state index contributed by atoms with van der Waals surface area (Å²) in [7, 11) is 5.18. The number of likely N-dealkylation sites (N-methyl/N-ethyl adjacent to an activating group) is 1. The van der Waals surface area contributed by atoms with Gasteiger partial charge in [-0.15, -0.1) is 0 Å². The van der Waals surface area contributed by atoms with Gasteiger partial charge in [-0.25, -0.2) is 0 Å². The molecule has 1 aliphatic rings. The molecule has 1 saturated heterocycles. The number of likely N-dealkylation sites (tertiary alicyclic amines) is 1. The Morgan fingerprint density at radius 3 is 2.67 bits per heavy atom. The summed E-state index contributed by atoms with van der Waals surface area (Å²) in [5.74, 6) is -1.39. The summed E-state index contributed by atoms with van der Waals surface area (Å²) in [5, 5.41) is 9.31. The second kappa shape index (κ2) is 7.00. The highest BCUT2D eigenvalue weighted by Gasteiger charge is 2.53. The molecule has 0 unspecified atom stereocenters. The van der Waals surface area contributed by atoms with E-state index in [0.29, 0.717) is 17.9 Å². The molecule has 7 nitrogen and oxygen atoms in total. The first-order valence-corrected chi connectivity index (χ1v) is 7.66. The normalized spacial score (nSPS) is 20.8. The lowest BCUT2D eigenvalue weighted by Gasteiger charge is -2.26. The van der Waals surface area contributed by atoms with Crippen molar-refractivity contribution in [1.82, 2.24) is 9.80 Å². The van der Waals surface area contributed by atoms with Gasteiger partial charge in [0.2, 0.25) is 11.8 Å². The van der Waals surface area contributed by atoms with Crippen molar-refractivity contribution in [2.24, 2.45) is 0 Å². The maximum Gasteiger partial charge on any atom is 0.304 e. The Kier molecular flexibility index (Phi) is 5.23. The van der Waals surface area contributed by atoms with Gasteiger partial charge in [0.15, 0.2) is 0 Å². The third-order valence-corrected chi connectivity index (χ3v) is 4.25. The van der Waals surface area contributed by atoms with Gasteiger partial charge in [-0.3, -0.25) is 19.3 Å². The van der Waals surface area contributed by atoms with E-state index in [4.69, 9.17) is 4.74 Å². The number of hydrogen-bond acceptors (Lipinski definition) is 5. The zero-order chi connectivity index (χ0) is 17.9. The molecular formula is C17H22N2O5. The molecule has 1 aromatic rings.